The Bertz CT molecular complexity index is 1280. The summed E-state index contributed by atoms with van der Waals surface area (Å²) in [7, 11) is 0. The standard InChI is InChI=1S/C31H35N3O4/c1-19-9-8-13-22(17-19)32-28(35)25-24-15-16-31(38-24)26(25)30(37)34(18-21-11-4-3-5-12-21)27(31)29(36)33-23-14-7-6-10-20(23)2/h3-5,8-9,11-13,15-17,20,23-27H,6-7,10,14,18H2,1-2H3,(H,32,35)(H,33,36)/t20-,23+,24+,25-,26+,27+,31+/m0/s1. The van der Waals surface area contributed by atoms with Crippen LogP contribution in [0.2, 0.25) is 0 Å². The van der Waals surface area contributed by atoms with Gasteiger partial charge >= 0.3 is 0 Å². The first-order valence-electron chi connectivity index (χ1n) is 13.8. The maximum absolute atomic E-state index is 14.1. The zero-order valence-electron chi connectivity index (χ0n) is 21.9. The van der Waals surface area contributed by atoms with Crippen LogP contribution in [-0.4, -0.2) is 46.4 Å². The molecule has 7 atom stereocenters. The van der Waals surface area contributed by atoms with Gasteiger partial charge in [0.15, 0.2) is 0 Å². The van der Waals surface area contributed by atoms with Crippen molar-refractivity contribution in [3.8, 4) is 0 Å². The second-order valence-corrected chi connectivity index (χ2v) is 11.4. The van der Waals surface area contributed by atoms with Crippen LogP contribution in [0.1, 0.15) is 43.7 Å². The summed E-state index contributed by atoms with van der Waals surface area (Å²) in [5, 5.41) is 6.28. The van der Waals surface area contributed by atoms with E-state index in [4.69, 9.17) is 4.74 Å². The minimum atomic E-state index is -1.16. The molecule has 3 amide bonds. The van der Waals surface area contributed by atoms with Crippen LogP contribution in [0.5, 0.6) is 0 Å². The molecule has 1 aliphatic carbocycles. The van der Waals surface area contributed by atoms with E-state index in [0.29, 0.717) is 11.6 Å². The van der Waals surface area contributed by atoms with Crippen molar-refractivity contribution >= 4 is 23.4 Å². The fourth-order valence-corrected chi connectivity index (χ4v) is 6.96. The molecule has 6 rings (SSSR count). The molecule has 3 heterocycles. The molecule has 3 aliphatic heterocycles. The van der Waals surface area contributed by atoms with Crippen molar-refractivity contribution in [2.24, 2.45) is 17.8 Å². The lowest BCUT2D eigenvalue weighted by molar-refractivity contribution is -0.142. The summed E-state index contributed by atoms with van der Waals surface area (Å²) in [5.74, 6) is -1.75. The van der Waals surface area contributed by atoms with E-state index in [2.05, 4.69) is 17.6 Å². The van der Waals surface area contributed by atoms with Gasteiger partial charge in [0.05, 0.1) is 17.9 Å². The number of carbonyl (C=O) groups is 3. The van der Waals surface area contributed by atoms with Crippen LogP contribution in [-0.2, 0) is 25.7 Å². The van der Waals surface area contributed by atoms with Gasteiger partial charge in [0.1, 0.15) is 11.6 Å². The Morgan fingerprint density at radius 2 is 1.84 bits per heavy atom. The molecule has 3 fully saturated rings. The summed E-state index contributed by atoms with van der Waals surface area (Å²) in [4.78, 5) is 43.4. The number of ether oxygens (including phenoxy) is 1. The minimum Gasteiger partial charge on any atom is -0.359 e. The number of carbonyl (C=O) groups excluding carboxylic acids is 3. The zero-order chi connectivity index (χ0) is 26.4. The molecular formula is C31H35N3O4. The number of fused-ring (bicyclic) bond motifs is 1. The van der Waals surface area contributed by atoms with Gasteiger partial charge in [0, 0.05) is 18.3 Å². The summed E-state index contributed by atoms with van der Waals surface area (Å²) in [6.07, 6.45) is 7.46. The lowest BCUT2D eigenvalue weighted by Gasteiger charge is -2.36. The highest BCUT2D eigenvalue weighted by molar-refractivity contribution is 6.02. The number of nitrogens with zero attached hydrogens (tertiary/aromatic N) is 1. The first-order chi connectivity index (χ1) is 18.4. The zero-order valence-corrected chi connectivity index (χ0v) is 21.9. The molecular weight excluding hydrogens is 478 g/mol. The highest BCUT2D eigenvalue weighted by atomic mass is 16.5. The summed E-state index contributed by atoms with van der Waals surface area (Å²) < 4.78 is 6.47. The number of amides is 3. The highest BCUT2D eigenvalue weighted by Gasteiger charge is 2.72. The number of benzene rings is 2. The quantitative estimate of drug-likeness (QED) is 0.572. The second kappa shape index (κ2) is 9.70. The van der Waals surface area contributed by atoms with Crippen molar-refractivity contribution in [2.75, 3.05) is 5.32 Å². The number of hydrogen-bond acceptors (Lipinski definition) is 4. The Labute approximate surface area is 223 Å². The topological polar surface area (TPSA) is 87.7 Å². The molecule has 1 spiro atoms. The first kappa shape index (κ1) is 24.9. The Kier molecular flexibility index (Phi) is 6.34. The molecule has 0 aromatic heterocycles. The average Bonchev–Trinajstić information content (AvgIpc) is 3.54. The largest absolute Gasteiger partial charge is 0.359 e. The van der Waals surface area contributed by atoms with Crippen LogP contribution in [0, 0.1) is 24.7 Å². The van der Waals surface area contributed by atoms with E-state index in [9.17, 15) is 14.4 Å². The van der Waals surface area contributed by atoms with Gasteiger partial charge in [0.2, 0.25) is 17.7 Å². The third-order valence-electron chi connectivity index (χ3n) is 8.85. The molecule has 0 radical (unpaired) electrons. The van der Waals surface area contributed by atoms with Gasteiger partial charge in [-0.15, -0.1) is 0 Å². The summed E-state index contributed by atoms with van der Waals surface area (Å²) in [5.41, 5.74) is 1.49. The molecule has 7 heteroatoms. The van der Waals surface area contributed by atoms with Gasteiger partial charge in [-0.05, 0) is 48.9 Å². The van der Waals surface area contributed by atoms with Crippen molar-refractivity contribution in [2.45, 2.75) is 69.9 Å². The van der Waals surface area contributed by atoms with E-state index in [1.807, 2.05) is 73.7 Å². The predicted molar refractivity (Wildman–Crippen MR) is 144 cm³/mol. The summed E-state index contributed by atoms with van der Waals surface area (Å²) in [6, 6.07) is 16.5. The molecule has 4 aliphatic rings. The monoisotopic (exact) mass is 513 g/mol. The molecule has 1 saturated carbocycles. The molecule has 2 aromatic rings. The molecule has 198 valence electrons. The van der Waals surface area contributed by atoms with E-state index in [1.165, 1.54) is 6.42 Å². The van der Waals surface area contributed by atoms with Gasteiger partial charge in [-0.2, -0.15) is 0 Å². The average molecular weight is 514 g/mol. The maximum Gasteiger partial charge on any atom is 0.246 e. The second-order valence-electron chi connectivity index (χ2n) is 11.4. The summed E-state index contributed by atoms with van der Waals surface area (Å²) >= 11 is 0. The van der Waals surface area contributed by atoms with Crippen LogP contribution in [0.15, 0.2) is 66.7 Å². The first-order valence-corrected chi connectivity index (χ1v) is 13.8. The van der Waals surface area contributed by atoms with Crippen molar-refractivity contribution in [3.63, 3.8) is 0 Å². The fourth-order valence-electron chi connectivity index (χ4n) is 6.96. The van der Waals surface area contributed by atoms with Gasteiger partial charge in [0.25, 0.3) is 0 Å². The number of rotatable bonds is 6. The van der Waals surface area contributed by atoms with Crippen molar-refractivity contribution in [3.05, 3.63) is 77.9 Å². The van der Waals surface area contributed by atoms with Crippen LogP contribution in [0.3, 0.4) is 0 Å². The third kappa shape index (κ3) is 4.13. The Morgan fingerprint density at radius 1 is 1.05 bits per heavy atom. The van der Waals surface area contributed by atoms with Crippen LogP contribution < -0.4 is 10.6 Å². The summed E-state index contributed by atoms with van der Waals surface area (Å²) in [6.45, 7) is 4.42. The van der Waals surface area contributed by atoms with E-state index >= 15 is 0 Å². The molecule has 2 bridgehead atoms. The van der Waals surface area contributed by atoms with Crippen LogP contribution >= 0.6 is 0 Å². The molecule has 38 heavy (non-hydrogen) atoms. The minimum absolute atomic E-state index is 0.0726. The maximum atomic E-state index is 14.1. The van der Waals surface area contributed by atoms with E-state index in [0.717, 1.165) is 30.4 Å². The van der Waals surface area contributed by atoms with Gasteiger partial charge in [-0.25, -0.2) is 0 Å². The molecule has 7 nitrogen and oxygen atoms in total. The predicted octanol–water partition coefficient (Wildman–Crippen LogP) is 3.98. The Balaban J connectivity index is 1.33. The van der Waals surface area contributed by atoms with E-state index in [-0.39, 0.29) is 30.3 Å². The normalized spacial score (nSPS) is 33.3. The Morgan fingerprint density at radius 3 is 2.61 bits per heavy atom. The molecule has 0 unspecified atom stereocenters. The van der Waals surface area contributed by atoms with E-state index < -0.39 is 29.6 Å². The van der Waals surface area contributed by atoms with Gasteiger partial charge in [-0.3, -0.25) is 14.4 Å². The number of anilines is 1. The number of nitrogens with one attached hydrogen (secondary N) is 2. The van der Waals surface area contributed by atoms with E-state index in [1.54, 1.807) is 4.90 Å². The van der Waals surface area contributed by atoms with Crippen molar-refractivity contribution in [1.82, 2.24) is 10.2 Å². The third-order valence-corrected chi connectivity index (χ3v) is 8.85. The number of hydrogen-bond donors (Lipinski definition) is 2. The van der Waals surface area contributed by atoms with Crippen LogP contribution in [0.4, 0.5) is 5.69 Å². The number of likely N-dealkylation sites (tertiary alicyclic amines) is 1. The Hall–Kier alpha value is -3.45. The molecule has 2 aromatic carbocycles. The van der Waals surface area contributed by atoms with Gasteiger partial charge in [-0.1, -0.05) is 74.4 Å². The van der Waals surface area contributed by atoms with Crippen LogP contribution in [0.25, 0.3) is 0 Å². The highest BCUT2D eigenvalue weighted by Crippen LogP contribution is 2.55. The smallest absolute Gasteiger partial charge is 0.246 e. The lowest BCUT2D eigenvalue weighted by Crippen LogP contribution is -2.57. The molecule has 2 N–H and O–H groups in total. The SMILES string of the molecule is Cc1cccc(NC(=O)[C@H]2[C@H]3C=C[C@@]4(O3)[C@H]2C(=O)N(Cc2ccccc2)[C@@H]4C(=O)N[C@@H]2CCCC[C@@H]2C)c1. The number of aryl methyl sites for hydroxylation is 1. The fraction of sp³-hybridized carbons (Fsp3) is 0.452. The molecule has 2 saturated heterocycles. The van der Waals surface area contributed by atoms with Crippen molar-refractivity contribution in [1.29, 1.82) is 0 Å². The van der Waals surface area contributed by atoms with Crippen molar-refractivity contribution < 1.29 is 19.1 Å². The van der Waals surface area contributed by atoms with Gasteiger partial charge < -0.3 is 20.3 Å². The lowest BCUT2D eigenvalue weighted by atomic mass is 9.74.